The average Bonchev–Trinajstić information content (AvgIpc) is 2.83. The van der Waals surface area contributed by atoms with Crippen LogP contribution < -0.4 is 5.73 Å². The predicted octanol–water partition coefficient (Wildman–Crippen LogP) is 2.75. The SMILES string of the molecule is NCC#Cc1ccc(CSc2ccncc2)s1. The highest BCUT2D eigenvalue weighted by Crippen LogP contribution is 2.25. The Morgan fingerprint density at radius 2 is 2.06 bits per heavy atom. The highest BCUT2D eigenvalue weighted by Gasteiger charge is 1.99. The number of hydrogen-bond acceptors (Lipinski definition) is 4. The van der Waals surface area contributed by atoms with Crippen LogP contribution in [0.1, 0.15) is 9.75 Å². The molecule has 0 bridgehead atoms. The summed E-state index contributed by atoms with van der Waals surface area (Å²) >= 11 is 3.53. The highest BCUT2D eigenvalue weighted by atomic mass is 32.2. The van der Waals surface area contributed by atoms with Crippen molar-refractivity contribution in [1.82, 2.24) is 4.98 Å². The van der Waals surface area contributed by atoms with Crippen molar-refractivity contribution in [3.63, 3.8) is 0 Å². The molecule has 0 atom stereocenters. The van der Waals surface area contributed by atoms with Crippen LogP contribution in [0.2, 0.25) is 0 Å². The Kier molecular flexibility index (Phi) is 4.63. The Balaban J connectivity index is 1.94. The van der Waals surface area contributed by atoms with E-state index in [2.05, 4.69) is 29.0 Å². The quantitative estimate of drug-likeness (QED) is 0.681. The Hall–Kier alpha value is -1.28. The van der Waals surface area contributed by atoms with Gasteiger partial charge in [0.25, 0.3) is 0 Å². The number of aromatic nitrogens is 1. The van der Waals surface area contributed by atoms with Crippen LogP contribution in [0.25, 0.3) is 0 Å². The Morgan fingerprint density at radius 3 is 2.82 bits per heavy atom. The van der Waals surface area contributed by atoms with E-state index in [1.54, 1.807) is 11.3 Å². The van der Waals surface area contributed by atoms with Gasteiger partial charge in [-0.2, -0.15) is 0 Å². The topological polar surface area (TPSA) is 38.9 Å². The summed E-state index contributed by atoms with van der Waals surface area (Å²) in [5.41, 5.74) is 5.34. The van der Waals surface area contributed by atoms with Crippen LogP contribution in [0.15, 0.2) is 41.6 Å². The van der Waals surface area contributed by atoms with Gasteiger partial charge < -0.3 is 5.73 Å². The largest absolute Gasteiger partial charge is 0.320 e. The van der Waals surface area contributed by atoms with Crippen molar-refractivity contribution in [3.05, 3.63) is 46.4 Å². The lowest BCUT2D eigenvalue weighted by molar-refractivity contribution is 1.26. The van der Waals surface area contributed by atoms with Crippen molar-refractivity contribution in [2.45, 2.75) is 10.6 Å². The number of rotatable bonds is 3. The summed E-state index contributed by atoms with van der Waals surface area (Å²) in [5.74, 6) is 6.88. The average molecular weight is 260 g/mol. The minimum absolute atomic E-state index is 0.416. The molecule has 0 spiro atoms. The Bertz CT molecular complexity index is 523. The molecule has 2 N–H and O–H groups in total. The minimum Gasteiger partial charge on any atom is -0.320 e. The Labute approximate surface area is 109 Å². The maximum atomic E-state index is 5.34. The first-order valence-corrected chi connectivity index (χ1v) is 6.99. The van der Waals surface area contributed by atoms with Gasteiger partial charge in [-0.25, -0.2) is 0 Å². The molecule has 0 aliphatic heterocycles. The molecule has 0 aromatic carbocycles. The van der Waals surface area contributed by atoms with Gasteiger partial charge in [-0.05, 0) is 24.3 Å². The number of nitrogens with zero attached hydrogens (tertiary/aromatic N) is 1. The van der Waals surface area contributed by atoms with Gasteiger partial charge >= 0.3 is 0 Å². The number of thiophene rings is 1. The lowest BCUT2D eigenvalue weighted by Gasteiger charge is -1.97. The van der Waals surface area contributed by atoms with Gasteiger partial charge in [0.15, 0.2) is 0 Å². The van der Waals surface area contributed by atoms with Gasteiger partial charge in [-0.1, -0.05) is 11.8 Å². The summed E-state index contributed by atoms with van der Waals surface area (Å²) in [6.45, 7) is 0.416. The molecule has 86 valence electrons. The van der Waals surface area contributed by atoms with Crippen LogP contribution in [-0.4, -0.2) is 11.5 Å². The summed E-state index contributed by atoms with van der Waals surface area (Å²) in [5, 5.41) is 0. The van der Waals surface area contributed by atoms with Crippen LogP contribution in [0.5, 0.6) is 0 Å². The van der Waals surface area contributed by atoms with E-state index in [0.29, 0.717) is 6.54 Å². The van der Waals surface area contributed by atoms with E-state index in [1.165, 1.54) is 9.77 Å². The third kappa shape index (κ3) is 3.90. The van der Waals surface area contributed by atoms with Crippen LogP contribution >= 0.6 is 23.1 Å². The third-order valence-corrected chi connectivity index (χ3v) is 4.25. The zero-order chi connectivity index (χ0) is 11.9. The summed E-state index contributed by atoms with van der Waals surface area (Å²) in [4.78, 5) is 7.65. The molecule has 0 unspecified atom stereocenters. The maximum Gasteiger partial charge on any atom is 0.0772 e. The maximum absolute atomic E-state index is 5.34. The highest BCUT2D eigenvalue weighted by molar-refractivity contribution is 7.98. The third-order valence-electron chi connectivity index (χ3n) is 2.01. The van der Waals surface area contributed by atoms with Crippen LogP contribution in [-0.2, 0) is 5.75 Å². The second-order valence-corrected chi connectivity index (χ2v) is 5.46. The van der Waals surface area contributed by atoms with Gasteiger partial charge in [0.1, 0.15) is 0 Å². The second-order valence-electron chi connectivity index (χ2n) is 3.24. The molecule has 0 fully saturated rings. The first-order valence-electron chi connectivity index (χ1n) is 5.19. The van der Waals surface area contributed by atoms with Gasteiger partial charge in [-0.3, -0.25) is 4.98 Å². The molecule has 0 saturated carbocycles. The normalized spacial score (nSPS) is 9.71. The van der Waals surface area contributed by atoms with Gasteiger partial charge in [0.05, 0.1) is 11.4 Å². The lowest BCUT2D eigenvalue weighted by atomic mass is 10.4. The summed E-state index contributed by atoms with van der Waals surface area (Å²) in [7, 11) is 0. The fourth-order valence-electron chi connectivity index (χ4n) is 1.25. The molecule has 2 rings (SSSR count). The van der Waals surface area contributed by atoms with Crippen LogP contribution in [0.3, 0.4) is 0 Å². The molecule has 2 heterocycles. The van der Waals surface area contributed by atoms with Crippen LogP contribution in [0.4, 0.5) is 0 Å². The van der Waals surface area contributed by atoms with Crippen molar-refractivity contribution in [1.29, 1.82) is 0 Å². The fraction of sp³-hybridized carbons (Fsp3) is 0.154. The predicted molar refractivity (Wildman–Crippen MR) is 74.0 cm³/mol. The lowest BCUT2D eigenvalue weighted by Crippen LogP contribution is -1.92. The molecule has 0 amide bonds. The van der Waals surface area contributed by atoms with E-state index in [4.69, 9.17) is 5.73 Å². The molecule has 4 heteroatoms. The standard InChI is InChI=1S/C13H12N2S2/c14-7-1-2-12-3-4-13(17-12)10-16-11-5-8-15-9-6-11/h3-6,8-9H,7,10,14H2. The zero-order valence-corrected chi connectivity index (χ0v) is 10.9. The zero-order valence-electron chi connectivity index (χ0n) is 9.22. The smallest absolute Gasteiger partial charge is 0.0772 e. The molecule has 17 heavy (non-hydrogen) atoms. The van der Waals surface area contributed by atoms with E-state index < -0.39 is 0 Å². The number of pyridine rings is 1. The van der Waals surface area contributed by atoms with Crippen molar-refractivity contribution < 1.29 is 0 Å². The molecule has 2 aromatic rings. The minimum atomic E-state index is 0.416. The monoisotopic (exact) mass is 260 g/mol. The second kappa shape index (κ2) is 6.45. The van der Waals surface area contributed by atoms with Crippen LogP contribution in [0, 0.1) is 11.8 Å². The number of nitrogens with two attached hydrogens (primary N) is 1. The summed E-state index contributed by atoms with van der Waals surface area (Å²) < 4.78 is 0. The molecule has 0 aliphatic rings. The summed E-state index contributed by atoms with van der Waals surface area (Å²) in [6, 6.07) is 8.22. The van der Waals surface area contributed by atoms with Gasteiger partial charge in [0, 0.05) is 27.9 Å². The van der Waals surface area contributed by atoms with E-state index >= 15 is 0 Å². The van der Waals surface area contributed by atoms with Gasteiger partial charge in [-0.15, -0.1) is 23.1 Å². The molecule has 0 saturated heterocycles. The van der Waals surface area contributed by atoms with E-state index in [9.17, 15) is 0 Å². The van der Waals surface area contributed by atoms with Crippen molar-refractivity contribution >= 4 is 23.1 Å². The molecular weight excluding hydrogens is 248 g/mol. The van der Waals surface area contributed by atoms with Crippen molar-refractivity contribution in [3.8, 4) is 11.8 Å². The first kappa shape index (κ1) is 12.2. The first-order chi connectivity index (χ1) is 8.38. The molecule has 0 aliphatic carbocycles. The van der Waals surface area contributed by atoms with Crippen molar-refractivity contribution in [2.75, 3.05) is 6.54 Å². The van der Waals surface area contributed by atoms with Gasteiger partial charge in [0.2, 0.25) is 0 Å². The number of hydrogen-bond donors (Lipinski definition) is 1. The van der Waals surface area contributed by atoms with E-state index in [-0.39, 0.29) is 0 Å². The fourth-order valence-corrected chi connectivity index (χ4v) is 3.06. The van der Waals surface area contributed by atoms with E-state index in [1.807, 2.05) is 36.3 Å². The van der Waals surface area contributed by atoms with Crippen molar-refractivity contribution in [2.24, 2.45) is 5.73 Å². The molecule has 2 aromatic heterocycles. The molecule has 2 nitrogen and oxygen atoms in total. The molecular formula is C13H12N2S2. The van der Waals surface area contributed by atoms with E-state index in [0.717, 1.165) is 10.6 Å². The Morgan fingerprint density at radius 1 is 1.24 bits per heavy atom. The summed E-state index contributed by atoms with van der Waals surface area (Å²) in [6.07, 6.45) is 3.63. The number of thioether (sulfide) groups is 1. The molecule has 0 radical (unpaired) electrons.